The van der Waals surface area contributed by atoms with Crippen LogP contribution in [-0.2, 0) is 32.7 Å². The predicted molar refractivity (Wildman–Crippen MR) is 53.2 cm³/mol. The summed E-state index contributed by atoms with van der Waals surface area (Å²) in [4.78, 5) is 0. The van der Waals surface area contributed by atoms with Crippen LogP contribution in [0.3, 0.4) is 0 Å². The molecule has 14 heavy (non-hydrogen) atoms. The molecule has 0 saturated carbocycles. The van der Waals surface area contributed by atoms with E-state index in [1.807, 2.05) is 30.3 Å². The topological polar surface area (TPSA) is 24.7 Å². The van der Waals surface area contributed by atoms with Crippen molar-refractivity contribution in [3.8, 4) is 0 Å². The zero-order valence-corrected chi connectivity index (χ0v) is 10.8. The first kappa shape index (κ1) is 11.5. The van der Waals surface area contributed by atoms with Gasteiger partial charge in [0.2, 0.25) is 0 Å². The van der Waals surface area contributed by atoms with Gasteiger partial charge in [-0.05, 0) is 0 Å². The largest absolute Gasteiger partial charge is 0.194 e. The average Bonchev–Trinajstić information content (AvgIpc) is 2.18. The Labute approximate surface area is 108 Å². The Morgan fingerprint density at radius 1 is 1.07 bits per heavy atom. The zero-order chi connectivity index (χ0) is 9.10. The molecule has 2 aromatic rings. The van der Waals surface area contributed by atoms with E-state index >= 15 is 0 Å². The van der Waals surface area contributed by atoms with Crippen molar-refractivity contribution in [2.45, 2.75) is 0 Å². The molecule has 0 aromatic heterocycles. The molecule has 0 saturated heterocycles. The molecular weight excluding hydrogens is 249 g/mol. The summed E-state index contributed by atoms with van der Waals surface area (Å²) < 4.78 is 0. The number of azo groups is 1. The van der Waals surface area contributed by atoms with Gasteiger partial charge in [-0.2, -0.15) is 10.2 Å². The standard InChI is InChI=1S/C11H9N2.Y/c1-12-13-11-7-6-9-4-2-3-5-10(9)8-11;/h2-7H,1H3;/q-1;. The van der Waals surface area contributed by atoms with Gasteiger partial charge in [-0.1, -0.05) is 12.1 Å². The smallest absolute Gasteiger partial charge is 0.0491 e. The molecule has 0 fully saturated rings. The fraction of sp³-hybridized carbons (Fsp3) is 0.0909. The van der Waals surface area contributed by atoms with E-state index in [9.17, 15) is 0 Å². The summed E-state index contributed by atoms with van der Waals surface area (Å²) in [7, 11) is 1.66. The van der Waals surface area contributed by atoms with Crippen molar-refractivity contribution >= 4 is 16.5 Å². The van der Waals surface area contributed by atoms with Crippen LogP contribution in [-0.4, -0.2) is 7.05 Å². The summed E-state index contributed by atoms with van der Waals surface area (Å²) >= 11 is 0. The van der Waals surface area contributed by atoms with Gasteiger partial charge in [0.25, 0.3) is 0 Å². The van der Waals surface area contributed by atoms with Gasteiger partial charge in [-0.25, -0.2) is 0 Å². The van der Waals surface area contributed by atoms with Crippen LogP contribution in [0.2, 0.25) is 0 Å². The molecule has 0 atom stereocenters. The molecular formula is C11H9N2Y-. The molecule has 2 aromatic carbocycles. The third-order valence-electron chi connectivity index (χ3n) is 1.85. The van der Waals surface area contributed by atoms with Crippen molar-refractivity contribution in [2.24, 2.45) is 10.2 Å². The van der Waals surface area contributed by atoms with Crippen LogP contribution in [0.4, 0.5) is 5.69 Å². The first-order valence-corrected chi connectivity index (χ1v) is 4.11. The molecule has 0 bridgehead atoms. The fourth-order valence-electron chi connectivity index (χ4n) is 1.27. The second kappa shape index (κ2) is 5.33. The molecule has 67 valence electrons. The first-order chi connectivity index (χ1) is 6.40. The molecule has 2 nitrogen and oxygen atoms in total. The summed E-state index contributed by atoms with van der Waals surface area (Å²) in [5.41, 5.74) is 0.779. The van der Waals surface area contributed by atoms with E-state index in [0.29, 0.717) is 0 Å². The van der Waals surface area contributed by atoms with Crippen molar-refractivity contribution < 1.29 is 32.7 Å². The Morgan fingerprint density at radius 3 is 2.64 bits per heavy atom. The molecule has 0 aliphatic carbocycles. The maximum Gasteiger partial charge on any atom is 0.0491 e. The molecule has 3 heteroatoms. The van der Waals surface area contributed by atoms with Gasteiger partial charge in [0.15, 0.2) is 0 Å². The van der Waals surface area contributed by atoms with Crippen molar-refractivity contribution in [3.63, 3.8) is 0 Å². The van der Waals surface area contributed by atoms with Gasteiger partial charge in [-0.3, -0.25) is 0 Å². The van der Waals surface area contributed by atoms with E-state index in [-0.39, 0.29) is 32.7 Å². The van der Waals surface area contributed by atoms with E-state index < -0.39 is 0 Å². The summed E-state index contributed by atoms with van der Waals surface area (Å²) in [6.07, 6.45) is 0. The SMILES string of the molecule is CN=Nc1[c-]c2ccccc2cc1.[Y]. The number of hydrogen-bond acceptors (Lipinski definition) is 2. The van der Waals surface area contributed by atoms with Gasteiger partial charge in [-0.15, -0.1) is 41.1 Å². The van der Waals surface area contributed by atoms with Gasteiger partial charge in [0.1, 0.15) is 0 Å². The average molecular weight is 258 g/mol. The first-order valence-electron chi connectivity index (χ1n) is 4.11. The molecule has 0 aliphatic rings. The van der Waals surface area contributed by atoms with Crippen LogP contribution < -0.4 is 0 Å². The van der Waals surface area contributed by atoms with Gasteiger partial charge >= 0.3 is 0 Å². The van der Waals surface area contributed by atoms with Crippen LogP contribution in [0.25, 0.3) is 10.8 Å². The molecule has 2 rings (SSSR count). The normalized spacial score (nSPS) is 10.4. The maximum atomic E-state index is 3.93. The summed E-state index contributed by atoms with van der Waals surface area (Å²) in [6.45, 7) is 0. The van der Waals surface area contributed by atoms with Crippen LogP contribution in [0.15, 0.2) is 46.6 Å². The minimum absolute atomic E-state index is 0. The Balaban J connectivity index is 0.000000980. The van der Waals surface area contributed by atoms with Crippen LogP contribution in [0.1, 0.15) is 0 Å². The monoisotopic (exact) mass is 258 g/mol. The Morgan fingerprint density at radius 2 is 1.86 bits per heavy atom. The Hall–Kier alpha value is -0.596. The molecule has 1 radical (unpaired) electrons. The van der Waals surface area contributed by atoms with E-state index in [0.717, 1.165) is 11.1 Å². The molecule has 0 heterocycles. The number of benzene rings is 2. The quantitative estimate of drug-likeness (QED) is 0.553. The molecule has 0 unspecified atom stereocenters. The van der Waals surface area contributed by atoms with E-state index in [2.05, 4.69) is 22.4 Å². The van der Waals surface area contributed by atoms with Crippen LogP contribution in [0, 0.1) is 6.07 Å². The summed E-state index contributed by atoms with van der Waals surface area (Å²) in [5.74, 6) is 0. The van der Waals surface area contributed by atoms with Crippen molar-refractivity contribution in [1.82, 2.24) is 0 Å². The van der Waals surface area contributed by atoms with E-state index in [4.69, 9.17) is 0 Å². The zero-order valence-electron chi connectivity index (χ0n) is 7.94. The number of hydrogen-bond donors (Lipinski definition) is 0. The molecule has 0 amide bonds. The third-order valence-corrected chi connectivity index (χ3v) is 1.85. The van der Waals surface area contributed by atoms with Crippen molar-refractivity contribution in [2.75, 3.05) is 7.05 Å². The summed E-state index contributed by atoms with van der Waals surface area (Å²) in [6, 6.07) is 15.2. The number of fused-ring (bicyclic) bond motifs is 1. The van der Waals surface area contributed by atoms with Crippen molar-refractivity contribution in [3.05, 3.63) is 42.5 Å². The van der Waals surface area contributed by atoms with Crippen molar-refractivity contribution in [1.29, 1.82) is 0 Å². The molecule has 0 N–H and O–H groups in total. The molecule has 0 aliphatic heterocycles. The minimum atomic E-state index is 0. The number of rotatable bonds is 1. The second-order valence-corrected chi connectivity index (χ2v) is 2.73. The van der Waals surface area contributed by atoms with E-state index in [1.54, 1.807) is 7.05 Å². The van der Waals surface area contributed by atoms with E-state index in [1.165, 1.54) is 5.39 Å². The molecule has 0 spiro atoms. The van der Waals surface area contributed by atoms with Gasteiger partial charge < -0.3 is 0 Å². The van der Waals surface area contributed by atoms with Crippen LogP contribution >= 0.6 is 0 Å². The minimum Gasteiger partial charge on any atom is -0.194 e. The van der Waals surface area contributed by atoms with Crippen LogP contribution in [0.5, 0.6) is 0 Å². The fourth-order valence-corrected chi connectivity index (χ4v) is 1.27. The summed E-state index contributed by atoms with van der Waals surface area (Å²) in [5, 5.41) is 9.89. The maximum absolute atomic E-state index is 3.93. The Kier molecular flexibility index (Phi) is 4.37. The van der Waals surface area contributed by atoms with Gasteiger partial charge in [0, 0.05) is 45.4 Å². The number of nitrogens with zero attached hydrogens (tertiary/aromatic N) is 2. The third kappa shape index (κ3) is 2.46. The van der Waals surface area contributed by atoms with Gasteiger partial charge in [0.05, 0.1) is 0 Å². The predicted octanol–water partition coefficient (Wildman–Crippen LogP) is 3.35. The Bertz CT molecular complexity index is 452. The second-order valence-electron chi connectivity index (χ2n) is 2.73.